The number of benzene rings is 1. The van der Waals surface area contributed by atoms with Crippen LogP contribution in [0.15, 0.2) is 29.3 Å². The fourth-order valence-electron chi connectivity index (χ4n) is 3.01. The van der Waals surface area contributed by atoms with Crippen molar-refractivity contribution in [1.82, 2.24) is 15.5 Å². The zero-order chi connectivity index (χ0) is 17.9. The number of rotatable bonds is 7. The molecule has 1 aromatic rings. The minimum absolute atomic E-state index is 0. The molecule has 2 N–H and O–H groups in total. The van der Waals surface area contributed by atoms with Crippen LogP contribution in [0.4, 0.5) is 5.69 Å². The van der Waals surface area contributed by atoms with E-state index < -0.39 is 0 Å². The highest BCUT2D eigenvalue weighted by molar-refractivity contribution is 14.0. The van der Waals surface area contributed by atoms with Crippen molar-refractivity contribution in [3.63, 3.8) is 0 Å². The largest absolute Gasteiger partial charge is 0.356 e. The van der Waals surface area contributed by atoms with Gasteiger partial charge in [0.1, 0.15) is 0 Å². The first-order valence-corrected chi connectivity index (χ1v) is 9.09. The summed E-state index contributed by atoms with van der Waals surface area (Å²) in [6.07, 6.45) is 6.48. The van der Waals surface area contributed by atoms with Gasteiger partial charge in [-0.3, -0.25) is 15.1 Å². The molecule has 0 unspecified atom stereocenters. The number of nitrogens with one attached hydrogen (secondary N) is 2. The van der Waals surface area contributed by atoms with Crippen LogP contribution in [-0.2, 0) is 6.54 Å². The van der Waals surface area contributed by atoms with E-state index in [0.29, 0.717) is 6.54 Å². The van der Waals surface area contributed by atoms with Gasteiger partial charge in [0.2, 0.25) is 0 Å². The Bertz CT molecular complexity index is 557. The predicted octanol–water partition coefficient (Wildman–Crippen LogP) is 3.14. The Morgan fingerprint density at radius 3 is 2.38 bits per heavy atom. The van der Waals surface area contributed by atoms with Crippen LogP contribution in [0.1, 0.15) is 37.7 Å². The monoisotopic (exact) mass is 475 g/mol. The van der Waals surface area contributed by atoms with Gasteiger partial charge in [0, 0.05) is 32.3 Å². The zero-order valence-corrected chi connectivity index (χ0v) is 17.8. The summed E-state index contributed by atoms with van der Waals surface area (Å²) in [6, 6.07) is 6.57. The van der Waals surface area contributed by atoms with E-state index in [4.69, 9.17) is 0 Å². The maximum atomic E-state index is 10.7. The number of nitro benzene ring substituents is 1. The summed E-state index contributed by atoms with van der Waals surface area (Å²) in [7, 11) is 1.75. The summed E-state index contributed by atoms with van der Waals surface area (Å²) < 4.78 is 0. The van der Waals surface area contributed by atoms with Crippen LogP contribution in [0.5, 0.6) is 0 Å². The van der Waals surface area contributed by atoms with Gasteiger partial charge in [0.15, 0.2) is 5.96 Å². The SMILES string of the molecule is CN=C(NCCCN1CCCCCC1)NCc1ccc([N+](=O)[O-])cc1.I. The molecule has 0 aromatic heterocycles. The van der Waals surface area contributed by atoms with Crippen LogP contribution in [0.3, 0.4) is 0 Å². The molecular weight excluding hydrogens is 445 g/mol. The summed E-state index contributed by atoms with van der Waals surface area (Å²) in [4.78, 5) is 17.1. The summed E-state index contributed by atoms with van der Waals surface area (Å²) in [6.45, 7) is 5.06. The Labute approximate surface area is 172 Å². The average molecular weight is 475 g/mol. The van der Waals surface area contributed by atoms with E-state index in [2.05, 4.69) is 20.5 Å². The molecule has 2 rings (SSSR count). The van der Waals surface area contributed by atoms with E-state index in [-0.39, 0.29) is 34.6 Å². The van der Waals surface area contributed by atoms with E-state index >= 15 is 0 Å². The average Bonchev–Trinajstić information content (AvgIpc) is 2.90. The van der Waals surface area contributed by atoms with Gasteiger partial charge < -0.3 is 15.5 Å². The molecule has 0 bridgehead atoms. The Morgan fingerprint density at radius 1 is 1.15 bits per heavy atom. The normalized spacial score (nSPS) is 15.7. The molecule has 0 aliphatic carbocycles. The van der Waals surface area contributed by atoms with E-state index in [1.54, 1.807) is 19.2 Å². The highest BCUT2D eigenvalue weighted by Crippen LogP contribution is 2.11. The second-order valence-corrected chi connectivity index (χ2v) is 6.39. The smallest absolute Gasteiger partial charge is 0.269 e. The summed E-state index contributed by atoms with van der Waals surface area (Å²) in [5, 5.41) is 17.2. The predicted molar refractivity (Wildman–Crippen MR) is 116 cm³/mol. The molecule has 0 amide bonds. The highest BCUT2D eigenvalue weighted by atomic mass is 127. The van der Waals surface area contributed by atoms with Crippen molar-refractivity contribution in [2.45, 2.75) is 38.6 Å². The molecule has 1 aromatic carbocycles. The van der Waals surface area contributed by atoms with Crippen molar-refractivity contribution in [1.29, 1.82) is 0 Å². The van der Waals surface area contributed by atoms with Crippen molar-refractivity contribution in [3.05, 3.63) is 39.9 Å². The van der Waals surface area contributed by atoms with Crippen LogP contribution in [0.25, 0.3) is 0 Å². The number of aliphatic imine (C=N–C) groups is 1. The van der Waals surface area contributed by atoms with Crippen LogP contribution in [-0.4, -0.2) is 49.0 Å². The third-order valence-corrected chi connectivity index (χ3v) is 4.47. The topological polar surface area (TPSA) is 82.8 Å². The Kier molecular flexibility index (Phi) is 11.2. The second kappa shape index (κ2) is 12.9. The molecule has 0 atom stereocenters. The van der Waals surface area contributed by atoms with Crippen LogP contribution in [0, 0.1) is 10.1 Å². The fraction of sp³-hybridized carbons (Fsp3) is 0.611. The maximum absolute atomic E-state index is 10.7. The Balaban J connectivity index is 0.00000338. The molecular formula is C18H30IN5O2. The highest BCUT2D eigenvalue weighted by Gasteiger charge is 2.08. The lowest BCUT2D eigenvalue weighted by Crippen LogP contribution is -2.38. The van der Waals surface area contributed by atoms with E-state index in [1.807, 2.05) is 0 Å². The molecule has 0 spiro atoms. The van der Waals surface area contributed by atoms with Gasteiger partial charge in [0.25, 0.3) is 5.69 Å². The number of nitro groups is 1. The van der Waals surface area contributed by atoms with Crippen LogP contribution in [0.2, 0.25) is 0 Å². The summed E-state index contributed by atoms with van der Waals surface area (Å²) >= 11 is 0. The first-order chi connectivity index (χ1) is 12.2. The first kappa shape index (κ1) is 22.6. The fourth-order valence-corrected chi connectivity index (χ4v) is 3.01. The van der Waals surface area contributed by atoms with Crippen molar-refractivity contribution >= 4 is 35.6 Å². The van der Waals surface area contributed by atoms with Crippen LogP contribution >= 0.6 is 24.0 Å². The van der Waals surface area contributed by atoms with Gasteiger partial charge in [0.05, 0.1) is 4.92 Å². The van der Waals surface area contributed by atoms with Crippen molar-refractivity contribution in [3.8, 4) is 0 Å². The molecule has 1 aliphatic heterocycles. The number of hydrogen-bond acceptors (Lipinski definition) is 4. The van der Waals surface area contributed by atoms with E-state index in [1.165, 1.54) is 50.9 Å². The van der Waals surface area contributed by atoms with Gasteiger partial charge in [-0.25, -0.2) is 0 Å². The lowest BCUT2D eigenvalue weighted by Gasteiger charge is -2.20. The van der Waals surface area contributed by atoms with Crippen LogP contribution < -0.4 is 10.6 Å². The van der Waals surface area contributed by atoms with Gasteiger partial charge >= 0.3 is 0 Å². The Morgan fingerprint density at radius 2 is 1.81 bits per heavy atom. The van der Waals surface area contributed by atoms with Crippen molar-refractivity contribution in [2.24, 2.45) is 4.99 Å². The van der Waals surface area contributed by atoms with E-state index in [0.717, 1.165) is 31.0 Å². The number of guanidine groups is 1. The third-order valence-electron chi connectivity index (χ3n) is 4.47. The molecule has 7 nitrogen and oxygen atoms in total. The molecule has 8 heteroatoms. The molecule has 0 saturated carbocycles. The number of halogens is 1. The van der Waals surface area contributed by atoms with Gasteiger partial charge in [-0.2, -0.15) is 0 Å². The van der Waals surface area contributed by atoms with Gasteiger partial charge in [-0.05, 0) is 44.5 Å². The van der Waals surface area contributed by atoms with Crippen molar-refractivity contribution in [2.75, 3.05) is 33.2 Å². The zero-order valence-electron chi connectivity index (χ0n) is 15.4. The van der Waals surface area contributed by atoms with E-state index in [9.17, 15) is 10.1 Å². The molecule has 1 fully saturated rings. The number of likely N-dealkylation sites (tertiary alicyclic amines) is 1. The summed E-state index contributed by atoms with van der Waals surface area (Å²) in [5.41, 5.74) is 1.10. The number of nitrogens with zero attached hydrogens (tertiary/aromatic N) is 3. The molecule has 1 heterocycles. The first-order valence-electron chi connectivity index (χ1n) is 9.09. The molecule has 1 saturated heterocycles. The summed E-state index contributed by atoms with van der Waals surface area (Å²) in [5.74, 6) is 0.759. The number of non-ortho nitro benzene ring substituents is 1. The maximum Gasteiger partial charge on any atom is 0.269 e. The number of hydrogen-bond donors (Lipinski definition) is 2. The van der Waals surface area contributed by atoms with Crippen molar-refractivity contribution < 1.29 is 4.92 Å². The molecule has 26 heavy (non-hydrogen) atoms. The van der Waals surface area contributed by atoms with Gasteiger partial charge in [-0.1, -0.05) is 25.0 Å². The van der Waals surface area contributed by atoms with Gasteiger partial charge in [-0.15, -0.1) is 24.0 Å². The minimum atomic E-state index is -0.387. The quantitative estimate of drug-likeness (QED) is 0.158. The minimum Gasteiger partial charge on any atom is -0.356 e. The Hall–Kier alpha value is -1.42. The standard InChI is InChI=1S/C18H29N5O2.HI/c1-19-18(20-11-6-14-22-12-4-2-3-5-13-22)21-15-16-7-9-17(10-8-16)23(24)25;/h7-10H,2-6,11-15H2,1H3,(H2,19,20,21);1H. The third kappa shape index (κ3) is 8.31. The molecule has 146 valence electrons. The lowest BCUT2D eigenvalue weighted by atomic mass is 10.2. The second-order valence-electron chi connectivity index (χ2n) is 6.39. The molecule has 1 aliphatic rings. The lowest BCUT2D eigenvalue weighted by molar-refractivity contribution is -0.384. The molecule has 0 radical (unpaired) electrons.